The van der Waals surface area contributed by atoms with Crippen LogP contribution >= 0.6 is 11.8 Å². The van der Waals surface area contributed by atoms with Crippen molar-refractivity contribution in [3.63, 3.8) is 0 Å². The third-order valence-electron chi connectivity index (χ3n) is 4.25. The van der Waals surface area contributed by atoms with Crippen LogP contribution in [0.2, 0.25) is 0 Å². The van der Waals surface area contributed by atoms with Crippen molar-refractivity contribution in [1.29, 1.82) is 0 Å². The highest BCUT2D eigenvalue weighted by Gasteiger charge is 2.35. The lowest BCUT2D eigenvalue weighted by atomic mass is 10.1. The number of thioether (sulfide) groups is 1. The zero-order valence-electron chi connectivity index (χ0n) is 13.1. The van der Waals surface area contributed by atoms with Crippen molar-refractivity contribution in [2.75, 3.05) is 18.2 Å². The molecule has 1 aliphatic heterocycles. The first-order valence-electron chi connectivity index (χ1n) is 7.83. The molecule has 3 rings (SSSR count). The third kappa shape index (κ3) is 3.75. The number of nitrogens with one attached hydrogen (secondary N) is 1. The van der Waals surface area contributed by atoms with E-state index in [9.17, 15) is 14.4 Å². The van der Waals surface area contributed by atoms with Crippen molar-refractivity contribution in [1.82, 2.24) is 10.2 Å². The lowest BCUT2D eigenvalue weighted by molar-refractivity contribution is -0.124. The van der Waals surface area contributed by atoms with Gasteiger partial charge >= 0.3 is 0 Å². The van der Waals surface area contributed by atoms with Gasteiger partial charge < -0.3 is 10.2 Å². The molecule has 1 aromatic rings. The minimum absolute atomic E-state index is 0.0296. The fourth-order valence-electron chi connectivity index (χ4n) is 2.56. The highest BCUT2D eigenvalue weighted by molar-refractivity contribution is 7.99. The maximum atomic E-state index is 12.6. The molecule has 1 aromatic carbocycles. The number of rotatable bonds is 5. The molecule has 0 spiro atoms. The Morgan fingerprint density at radius 3 is 2.43 bits per heavy atom. The summed E-state index contributed by atoms with van der Waals surface area (Å²) < 4.78 is 0. The molecule has 122 valence electrons. The maximum Gasteiger partial charge on any atom is 0.255 e. The average Bonchev–Trinajstić information content (AvgIpc) is 3.26. The molecule has 0 radical (unpaired) electrons. The van der Waals surface area contributed by atoms with Crippen LogP contribution in [0.5, 0.6) is 0 Å². The standard InChI is InChI=1S/C17H20N2O3S/c1-11(20)13-4-6-14(7-5-13)17(22)19-10-23-9-15(19)16(21)18-8-12-2-3-12/h4-7,12,15H,2-3,8-10H2,1H3,(H,18,21)/t15-/m1/s1. The van der Waals surface area contributed by atoms with Gasteiger partial charge in [0, 0.05) is 23.4 Å². The van der Waals surface area contributed by atoms with E-state index < -0.39 is 6.04 Å². The summed E-state index contributed by atoms with van der Waals surface area (Å²) in [6, 6.07) is 6.21. The number of benzene rings is 1. The average molecular weight is 332 g/mol. The topological polar surface area (TPSA) is 66.5 Å². The van der Waals surface area contributed by atoms with Gasteiger partial charge in [-0.25, -0.2) is 0 Å². The molecule has 1 saturated heterocycles. The van der Waals surface area contributed by atoms with E-state index in [1.807, 2.05) is 0 Å². The first kappa shape index (κ1) is 16.1. The predicted octanol–water partition coefficient (Wildman–Crippen LogP) is 1.93. The smallest absolute Gasteiger partial charge is 0.255 e. The zero-order valence-corrected chi connectivity index (χ0v) is 13.9. The number of hydrogen-bond donors (Lipinski definition) is 1. The summed E-state index contributed by atoms with van der Waals surface area (Å²) >= 11 is 1.59. The molecule has 1 atom stereocenters. The molecule has 2 amide bonds. The molecule has 1 N–H and O–H groups in total. The summed E-state index contributed by atoms with van der Waals surface area (Å²) in [5, 5.41) is 2.96. The van der Waals surface area contributed by atoms with Gasteiger partial charge in [0.25, 0.3) is 5.91 Å². The molecule has 0 unspecified atom stereocenters. The van der Waals surface area contributed by atoms with Gasteiger partial charge in [0.1, 0.15) is 6.04 Å². The van der Waals surface area contributed by atoms with Crippen LogP contribution in [0.25, 0.3) is 0 Å². The zero-order chi connectivity index (χ0) is 16.4. The van der Waals surface area contributed by atoms with E-state index in [4.69, 9.17) is 0 Å². The summed E-state index contributed by atoms with van der Waals surface area (Å²) in [6.45, 7) is 2.21. The lowest BCUT2D eigenvalue weighted by Crippen LogP contribution is -2.47. The Kier molecular flexibility index (Phi) is 4.71. The van der Waals surface area contributed by atoms with E-state index in [0.717, 1.165) is 6.54 Å². The van der Waals surface area contributed by atoms with Crippen LogP contribution in [0.15, 0.2) is 24.3 Å². The van der Waals surface area contributed by atoms with Crippen LogP contribution in [0.3, 0.4) is 0 Å². The molecule has 6 heteroatoms. The Morgan fingerprint density at radius 2 is 1.83 bits per heavy atom. The van der Waals surface area contributed by atoms with Crippen LogP contribution in [0.4, 0.5) is 0 Å². The van der Waals surface area contributed by atoms with Crippen LogP contribution in [-0.4, -0.2) is 46.7 Å². The molecule has 2 aliphatic rings. The monoisotopic (exact) mass is 332 g/mol. The molecule has 1 heterocycles. The Bertz CT molecular complexity index is 625. The number of ketones is 1. The number of carbonyl (C=O) groups excluding carboxylic acids is 3. The summed E-state index contributed by atoms with van der Waals surface area (Å²) in [5.41, 5.74) is 1.09. The van der Waals surface area contributed by atoms with Crippen LogP contribution in [-0.2, 0) is 4.79 Å². The normalized spacial score (nSPS) is 20.4. The molecule has 1 aliphatic carbocycles. The van der Waals surface area contributed by atoms with Crippen molar-refractivity contribution >= 4 is 29.4 Å². The van der Waals surface area contributed by atoms with Gasteiger partial charge in [-0.1, -0.05) is 12.1 Å². The highest BCUT2D eigenvalue weighted by atomic mass is 32.2. The van der Waals surface area contributed by atoms with E-state index in [0.29, 0.717) is 28.7 Å². The Balaban J connectivity index is 1.66. The van der Waals surface area contributed by atoms with Gasteiger partial charge in [0.2, 0.25) is 5.91 Å². The lowest BCUT2D eigenvalue weighted by Gasteiger charge is -2.23. The van der Waals surface area contributed by atoms with Gasteiger partial charge in [-0.05, 0) is 37.8 Å². The van der Waals surface area contributed by atoms with Gasteiger partial charge in [-0.15, -0.1) is 11.8 Å². The van der Waals surface area contributed by atoms with Gasteiger partial charge in [-0.3, -0.25) is 14.4 Å². The number of hydrogen-bond acceptors (Lipinski definition) is 4. The van der Waals surface area contributed by atoms with E-state index in [1.54, 1.807) is 40.9 Å². The highest BCUT2D eigenvalue weighted by Crippen LogP contribution is 2.28. The summed E-state index contributed by atoms with van der Waals surface area (Å²) in [6.07, 6.45) is 2.37. The minimum Gasteiger partial charge on any atom is -0.354 e. The van der Waals surface area contributed by atoms with E-state index in [-0.39, 0.29) is 17.6 Å². The maximum absolute atomic E-state index is 12.6. The fraction of sp³-hybridized carbons (Fsp3) is 0.471. The minimum atomic E-state index is -0.404. The van der Waals surface area contributed by atoms with Crippen molar-refractivity contribution in [2.24, 2.45) is 5.92 Å². The largest absolute Gasteiger partial charge is 0.354 e. The van der Waals surface area contributed by atoms with Crippen LogP contribution in [0, 0.1) is 5.92 Å². The number of amides is 2. The third-order valence-corrected chi connectivity index (χ3v) is 5.26. The van der Waals surface area contributed by atoms with Crippen molar-refractivity contribution in [2.45, 2.75) is 25.8 Å². The van der Waals surface area contributed by atoms with Gasteiger partial charge in [0.15, 0.2) is 5.78 Å². The van der Waals surface area contributed by atoms with Crippen molar-refractivity contribution in [3.05, 3.63) is 35.4 Å². The fourth-order valence-corrected chi connectivity index (χ4v) is 3.71. The second kappa shape index (κ2) is 6.74. The van der Waals surface area contributed by atoms with Gasteiger partial charge in [0.05, 0.1) is 5.88 Å². The molecule has 5 nitrogen and oxygen atoms in total. The predicted molar refractivity (Wildman–Crippen MR) is 89.5 cm³/mol. The van der Waals surface area contributed by atoms with E-state index >= 15 is 0 Å². The molecule has 1 saturated carbocycles. The summed E-state index contributed by atoms with van der Waals surface area (Å²) in [5.74, 6) is 1.53. The SMILES string of the molecule is CC(=O)c1ccc(C(=O)N2CSC[C@@H]2C(=O)NCC2CC2)cc1. The molecule has 23 heavy (non-hydrogen) atoms. The number of carbonyl (C=O) groups is 3. The van der Waals surface area contributed by atoms with Crippen LogP contribution < -0.4 is 5.32 Å². The van der Waals surface area contributed by atoms with E-state index in [1.165, 1.54) is 19.8 Å². The Labute approximate surface area is 139 Å². The quantitative estimate of drug-likeness (QED) is 0.837. The molecule has 0 bridgehead atoms. The molecular formula is C17H20N2O3S. The summed E-state index contributed by atoms with van der Waals surface area (Å²) in [7, 11) is 0. The Morgan fingerprint density at radius 1 is 1.17 bits per heavy atom. The second-order valence-corrected chi connectivity index (χ2v) is 7.11. The number of Topliss-reactive ketones (excluding diaryl/α,β-unsaturated/α-hetero) is 1. The molecule has 2 fully saturated rings. The van der Waals surface area contributed by atoms with Crippen molar-refractivity contribution in [3.8, 4) is 0 Å². The summed E-state index contributed by atoms with van der Waals surface area (Å²) in [4.78, 5) is 37.9. The van der Waals surface area contributed by atoms with Crippen molar-refractivity contribution < 1.29 is 14.4 Å². The van der Waals surface area contributed by atoms with Gasteiger partial charge in [-0.2, -0.15) is 0 Å². The second-order valence-electron chi connectivity index (χ2n) is 6.11. The van der Waals surface area contributed by atoms with E-state index in [2.05, 4.69) is 5.32 Å². The van der Waals surface area contributed by atoms with Crippen LogP contribution in [0.1, 0.15) is 40.5 Å². The first-order chi connectivity index (χ1) is 11.1. The first-order valence-corrected chi connectivity index (χ1v) is 8.99. The Hall–Kier alpha value is -1.82. The molecular weight excluding hydrogens is 312 g/mol. The molecule has 0 aromatic heterocycles. The number of nitrogens with zero attached hydrogens (tertiary/aromatic N) is 1.